The van der Waals surface area contributed by atoms with E-state index < -0.39 is 5.38 Å². The molecule has 2 nitrogen and oxygen atoms in total. The quantitative estimate of drug-likeness (QED) is 0.524. The summed E-state index contributed by atoms with van der Waals surface area (Å²) in [6, 6.07) is 0. The normalized spacial score (nSPS) is 13.0. The Kier molecular flexibility index (Phi) is 7.06. The average molecular weight is 206 g/mol. The summed E-state index contributed by atoms with van der Waals surface area (Å²) in [6.45, 7) is 6.85. The molecule has 0 aromatic rings. The molecule has 1 atom stereocenters. The van der Waals surface area contributed by atoms with Gasteiger partial charge in [-0.15, -0.1) is 11.6 Å². The van der Waals surface area contributed by atoms with Crippen molar-refractivity contribution in [3.63, 3.8) is 0 Å². The van der Waals surface area contributed by atoms with E-state index in [2.05, 4.69) is 19.2 Å². The van der Waals surface area contributed by atoms with Crippen molar-refractivity contribution in [2.75, 3.05) is 6.54 Å². The SMILES string of the molecule is CC(C)CCCCNC(=O)C(C)Cl. The lowest BCUT2D eigenvalue weighted by atomic mass is 10.1. The van der Waals surface area contributed by atoms with Crippen LogP contribution < -0.4 is 5.32 Å². The molecular formula is C10H20ClNO. The van der Waals surface area contributed by atoms with Gasteiger partial charge in [-0.25, -0.2) is 0 Å². The van der Waals surface area contributed by atoms with Gasteiger partial charge in [-0.2, -0.15) is 0 Å². The molecule has 1 N–H and O–H groups in total. The molecule has 0 aliphatic rings. The van der Waals surface area contributed by atoms with Gasteiger partial charge in [0.1, 0.15) is 5.38 Å². The largest absolute Gasteiger partial charge is 0.355 e. The Bertz CT molecular complexity index is 146. The maximum atomic E-state index is 11.0. The maximum absolute atomic E-state index is 11.0. The smallest absolute Gasteiger partial charge is 0.237 e. The van der Waals surface area contributed by atoms with E-state index in [0.29, 0.717) is 0 Å². The number of unbranched alkanes of at least 4 members (excludes halogenated alkanes) is 1. The fourth-order valence-electron chi connectivity index (χ4n) is 1.03. The van der Waals surface area contributed by atoms with Gasteiger partial charge in [-0.3, -0.25) is 4.79 Å². The van der Waals surface area contributed by atoms with Gasteiger partial charge in [0.25, 0.3) is 0 Å². The molecule has 0 aromatic heterocycles. The van der Waals surface area contributed by atoms with Gasteiger partial charge in [-0.05, 0) is 19.3 Å². The molecule has 0 fully saturated rings. The van der Waals surface area contributed by atoms with E-state index in [0.717, 1.165) is 18.9 Å². The Morgan fingerprint density at radius 2 is 1.92 bits per heavy atom. The zero-order valence-corrected chi connectivity index (χ0v) is 9.53. The Labute approximate surface area is 86.0 Å². The highest BCUT2D eigenvalue weighted by atomic mass is 35.5. The first-order valence-corrected chi connectivity index (χ1v) is 5.39. The molecule has 0 spiro atoms. The van der Waals surface area contributed by atoms with E-state index in [4.69, 9.17) is 11.6 Å². The Balaban J connectivity index is 3.21. The van der Waals surface area contributed by atoms with E-state index in [-0.39, 0.29) is 5.91 Å². The topological polar surface area (TPSA) is 29.1 Å². The van der Waals surface area contributed by atoms with Crippen LogP contribution in [-0.4, -0.2) is 17.8 Å². The lowest BCUT2D eigenvalue weighted by molar-refractivity contribution is -0.120. The third-order valence-corrected chi connectivity index (χ3v) is 2.07. The van der Waals surface area contributed by atoms with Crippen LogP contribution in [0.5, 0.6) is 0 Å². The summed E-state index contributed by atoms with van der Waals surface area (Å²) < 4.78 is 0. The van der Waals surface area contributed by atoms with Crippen LogP contribution in [-0.2, 0) is 4.79 Å². The minimum Gasteiger partial charge on any atom is -0.355 e. The number of amides is 1. The average Bonchev–Trinajstić information content (AvgIpc) is 2.02. The van der Waals surface area contributed by atoms with Crippen molar-refractivity contribution in [2.24, 2.45) is 5.92 Å². The number of alkyl halides is 1. The summed E-state index contributed by atoms with van der Waals surface area (Å²) in [6.07, 6.45) is 3.45. The van der Waals surface area contributed by atoms with Crippen LogP contribution in [0.2, 0.25) is 0 Å². The first kappa shape index (κ1) is 12.8. The molecule has 0 radical (unpaired) electrons. The van der Waals surface area contributed by atoms with Gasteiger partial charge >= 0.3 is 0 Å². The van der Waals surface area contributed by atoms with Crippen molar-refractivity contribution in [1.82, 2.24) is 5.32 Å². The second-order valence-corrected chi connectivity index (χ2v) is 4.45. The van der Waals surface area contributed by atoms with Crippen LogP contribution in [0.4, 0.5) is 0 Å². The summed E-state index contributed by atoms with van der Waals surface area (Å²) in [7, 11) is 0. The third kappa shape index (κ3) is 8.10. The number of carbonyl (C=O) groups is 1. The highest BCUT2D eigenvalue weighted by molar-refractivity contribution is 6.30. The van der Waals surface area contributed by atoms with Crippen molar-refractivity contribution in [3.8, 4) is 0 Å². The van der Waals surface area contributed by atoms with Gasteiger partial charge in [0.15, 0.2) is 0 Å². The fraction of sp³-hybridized carbons (Fsp3) is 0.900. The number of hydrogen-bond donors (Lipinski definition) is 1. The molecule has 0 aliphatic heterocycles. The summed E-state index contributed by atoms with van der Waals surface area (Å²) in [4.78, 5) is 11.0. The molecule has 1 unspecified atom stereocenters. The molecule has 0 bridgehead atoms. The minimum absolute atomic E-state index is 0.0637. The van der Waals surface area contributed by atoms with Gasteiger partial charge in [-0.1, -0.05) is 26.7 Å². The van der Waals surface area contributed by atoms with E-state index in [1.807, 2.05) is 0 Å². The summed E-state index contributed by atoms with van der Waals surface area (Å²) in [5, 5.41) is 2.37. The van der Waals surface area contributed by atoms with Gasteiger partial charge in [0.05, 0.1) is 0 Å². The molecule has 78 valence electrons. The Morgan fingerprint density at radius 1 is 1.31 bits per heavy atom. The first-order chi connectivity index (χ1) is 6.04. The molecule has 0 rings (SSSR count). The van der Waals surface area contributed by atoms with E-state index in [1.165, 1.54) is 12.8 Å². The highest BCUT2D eigenvalue weighted by Crippen LogP contribution is 2.05. The Hall–Kier alpha value is -0.240. The third-order valence-electron chi connectivity index (χ3n) is 1.87. The predicted molar refractivity (Wildman–Crippen MR) is 57.0 cm³/mol. The summed E-state index contributed by atoms with van der Waals surface area (Å²) in [5.74, 6) is 0.689. The number of halogens is 1. The summed E-state index contributed by atoms with van der Waals surface area (Å²) in [5.41, 5.74) is 0. The van der Waals surface area contributed by atoms with Crippen LogP contribution in [0.1, 0.15) is 40.0 Å². The standard InChI is InChI=1S/C10H20ClNO/c1-8(2)6-4-5-7-12-10(13)9(3)11/h8-9H,4-7H2,1-3H3,(H,12,13). The van der Waals surface area contributed by atoms with Gasteiger partial charge in [0, 0.05) is 6.54 Å². The summed E-state index contributed by atoms with van der Waals surface area (Å²) >= 11 is 5.58. The fourth-order valence-corrected chi connectivity index (χ4v) is 1.11. The number of hydrogen-bond acceptors (Lipinski definition) is 1. The Morgan fingerprint density at radius 3 is 2.38 bits per heavy atom. The molecule has 1 amide bonds. The van der Waals surface area contributed by atoms with Gasteiger partial charge in [0.2, 0.25) is 5.91 Å². The molecular weight excluding hydrogens is 186 g/mol. The van der Waals surface area contributed by atoms with Crippen molar-refractivity contribution < 1.29 is 4.79 Å². The highest BCUT2D eigenvalue weighted by Gasteiger charge is 2.06. The molecule has 0 aromatic carbocycles. The number of nitrogens with one attached hydrogen (secondary N) is 1. The van der Waals surface area contributed by atoms with Crippen molar-refractivity contribution in [1.29, 1.82) is 0 Å². The van der Waals surface area contributed by atoms with E-state index in [1.54, 1.807) is 6.92 Å². The van der Waals surface area contributed by atoms with Crippen molar-refractivity contribution >= 4 is 17.5 Å². The zero-order valence-electron chi connectivity index (χ0n) is 8.77. The van der Waals surface area contributed by atoms with Crippen LogP contribution in [0.15, 0.2) is 0 Å². The molecule has 0 heterocycles. The van der Waals surface area contributed by atoms with Crippen LogP contribution in [0.25, 0.3) is 0 Å². The monoisotopic (exact) mass is 205 g/mol. The van der Waals surface area contributed by atoms with Gasteiger partial charge < -0.3 is 5.32 Å². The lowest BCUT2D eigenvalue weighted by Gasteiger charge is -2.07. The predicted octanol–water partition coefficient (Wildman–Crippen LogP) is 2.56. The number of carbonyl (C=O) groups excluding carboxylic acids is 1. The molecule has 0 aliphatic carbocycles. The molecule has 13 heavy (non-hydrogen) atoms. The maximum Gasteiger partial charge on any atom is 0.237 e. The molecule has 3 heteroatoms. The zero-order chi connectivity index (χ0) is 10.3. The second kappa shape index (κ2) is 7.19. The van der Waals surface area contributed by atoms with Crippen LogP contribution >= 0.6 is 11.6 Å². The van der Waals surface area contributed by atoms with Crippen LogP contribution in [0.3, 0.4) is 0 Å². The van der Waals surface area contributed by atoms with E-state index in [9.17, 15) is 4.79 Å². The molecule has 0 saturated heterocycles. The molecule has 0 saturated carbocycles. The minimum atomic E-state index is -0.412. The second-order valence-electron chi connectivity index (χ2n) is 3.80. The first-order valence-electron chi connectivity index (χ1n) is 4.95. The van der Waals surface area contributed by atoms with Crippen molar-refractivity contribution in [2.45, 2.75) is 45.4 Å². The number of rotatable bonds is 6. The lowest BCUT2D eigenvalue weighted by Crippen LogP contribution is -2.30. The van der Waals surface area contributed by atoms with E-state index >= 15 is 0 Å². The van der Waals surface area contributed by atoms with Crippen LogP contribution in [0, 0.1) is 5.92 Å². The van der Waals surface area contributed by atoms with Crippen molar-refractivity contribution in [3.05, 3.63) is 0 Å².